The lowest BCUT2D eigenvalue weighted by Crippen LogP contribution is -2.39. The predicted octanol–water partition coefficient (Wildman–Crippen LogP) is 3.66. The van der Waals surface area contributed by atoms with Gasteiger partial charge in [0, 0.05) is 13.1 Å². The van der Waals surface area contributed by atoms with Crippen LogP contribution in [0.15, 0.2) is 55.4 Å². The Morgan fingerprint density at radius 2 is 1.94 bits per heavy atom. The molecule has 2 aromatic heterocycles. The first-order valence-electron chi connectivity index (χ1n) is 10.4. The van der Waals surface area contributed by atoms with E-state index in [9.17, 15) is 4.79 Å². The molecule has 0 aliphatic carbocycles. The van der Waals surface area contributed by atoms with Crippen LogP contribution in [-0.4, -0.2) is 54.4 Å². The molecule has 0 fully saturated rings. The SMILES string of the molecule is CC(C)(C)OC(=O)N1CC=C(c2cnc(COc3ccc(-n4cncn4)cc3)cn2)CC1. The number of benzene rings is 1. The summed E-state index contributed by atoms with van der Waals surface area (Å²) < 4.78 is 12.9. The summed E-state index contributed by atoms with van der Waals surface area (Å²) in [6, 6.07) is 7.58. The van der Waals surface area contributed by atoms with E-state index in [0.29, 0.717) is 26.1 Å². The van der Waals surface area contributed by atoms with Crippen molar-refractivity contribution in [1.82, 2.24) is 29.6 Å². The van der Waals surface area contributed by atoms with Crippen molar-refractivity contribution in [3.05, 3.63) is 66.8 Å². The van der Waals surface area contributed by atoms with E-state index in [4.69, 9.17) is 9.47 Å². The van der Waals surface area contributed by atoms with Crippen LogP contribution in [0.1, 0.15) is 38.6 Å². The number of hydrogen-bond acceptors (Lipinski definition) is 7. The Bertz CT molecular complexity index is 1070. The van der Waals surface area contributed by atoms with Crippen LogP contribution >= 0.6 is 0 Å². The first-order valence-corrected chi connectivity index (χ1v) is 10.4. The normalized spacial score (nSPS) is 14.1. The van der Waals surface area contributed by atoms with Crippen molar-refractivity contribution in [2.75, 3.05) is 13.1 Å². The van der Waals surface area contributed by atoms with Crippen LogP contribution in [0.2, 0.25) is 0 Å². The summed E-state index contributed by atoms with van der Waals surface area (Å²) in [7, 11) is 0. The maximum Gasteiger partial charge on any atom is 0.410 e. The maximum absolute atomic E-state index is 12.2. The largest absolute Gasteiger partial charge is 0.487 e. The molecule has 1 amide bonds. The summed E-state index contributed by atoms with van der Waals surface area (Å²) in [6.45, 7) is 7.02. The third kappa shape index (κ3) is 5.48. The van der Waals surface area contributed by atoms with Gasteiger partial charge in [-0.25, -0.2) is 14.5 Å². The Morgan fingerprint density at radius 1 is 1.12 bits per heavy atom. The molecule has 32 heavy (non-hydrogen) atoms. The van der Waals surface area contributed by atoms with E-state index in [2.05, 4.69) is 20.1 Å². The monoisotopic (exact) mass is 434 g/mol. The molecule has 0 atom stereocenters. The molecular formula is C23H26N6O3. The van der Waals surface area contributed by atoms with Crippen molar-refractivity contribution in [1.29, 1.82) is 0 Å². The fraction of sp³-hybridized carbons (Fsp3) is 0.348. The maximum atomic E-state index is 12.2. The first-order chi connectivity index (χ1) is 15.4. The number of carbonyl (C=O) groups excluding carboxylic acids is 1. The van der Waals surface area contributed by atoms with E-state index in [-0.39, 0.29) is 6.09 Å². The van der Waals surface area contributed by atoms with Crippen LogP contribution in [0.5, 0.6) is 5.75 Å². The molecule has 0 saturated heterocycles. The molecule has 166 valence electrons. The van der Waals surface area contributed by atoms with E-state index in [1.165, 1.54) is 6.33 Å². The van der Waals surface area contributed by atoms with Crippen LogP contribution in [0, 0.1) is 0 Å². The molecule has 0 radical (unpaired) electrons. The van der Waals surface area contributed by atoms with Crippen molar-refractivity contribution < 1.29 is 14.3 Å². The average Bonchev–Trinajstić information content (AvgIpc) is 3.32. The van der Waals surface area contributed by atoms with Gasteiger partial charge in [0.15, 0.2) is 0 Å². The van der Waals surface area contributed by atoms with Gasteiger partial charge in [0.1, 0.15) is 30.6 Å². The molecule has 0 saturated carbocycles. The van der Waals surface area contributed by atoms with E-state index in [1.54, 1.807) is 28.3 Å². The fourth-order valence-corrected chi connectivity index (χ4v) is 3.18. The molecule has 0 bridgehead atoms. The summed E-state index contributed by atoms with van der Waals surface area (Å²) in [4.78, 5) is 26.8. The van der Waals surface area contributed by atoms with E-state index >= 15 is 0 Å². The van der Waals surface area contributed by atoms with Crippen molar-refractivity contribution in [2.24, 2.45) is 0 Å². The zero-order valence-corrected chi connectivity index (χ0v) is 18.4. The molecule has 0 N–H and O–H groups in total. The standard InChI is InChI=1S/C23H26N6O3/c1-23(2,3)32-22(30)28-10-8-17(9-11-28)21-13-25-18(12-26-21)14-31-20-6-4-19(5-7-20)29-16-24-15-27-29/h4-8,12-13,15-16H,9-11,14H2,1-3H3. The Balaban J connectivity index is 1.30. The average molecular weight is 435 g/mol. The number of hydrogen-bond donors (Lipinski definition) is 0. The summed E-state index contributed by atoms with van der Waals surface area (Å²) in [5.74, 6) is 0.733. The highest BCUT2D eigenvalue weighted by atomic mass is 16.6. The van der Waals surface area contributed by atoms with Crippen molar-refractivity contribution in [3.63, 3.8) is 0 Å². The zero-order valence-electron chi connectivity index (χ0n) is 18.4. The topological polar surface area (TPSA) is 95.3 Å². The summed E-state index contributed by atoms with van der Waals surface area (Å²) in [5, 5.41) is 4.10. The Kier molecular flexibility index (Phi) is 6.16. The molecule has 4 rings (SSSR count). The lowest BCUT2D eigenvalue weighted by Gasteiger charge is -2.29. The number of amides is 1. The van der Waals surface area contributed by atoms with Gasteiger partial charge in [-0.1, -0.05) is 6.08 Å². The lowest BCUT2D eigenvalue weighted by atomic mass is 10.1. The highest BCUT2D eigenvalue weighted by Gasteiger charge is 2.24. The Labute approximate surface area is 186 Å². The first kappa shape index (κ1) is 21.5. The third-order valence-corrected chi connectivity index (χ3v) is 4.80. The number of carbonyl (C=O) groups is 1. The fourth-order valence-electron chi connectivity index (χ4n) is 3.18. The molecule has 9 heteroatoms. The van der Waals surface area contributed by atoms with Gasteiger partial charge in [-0.15, -0.1) is 0 Å². The minimum atomic E-state index is -0.496. The smallest absolute Gasteiger partial charge is 0.410 e. The van der Waals surface area contributed by atoms with Gasteiger partial charge in [0.2, 0.25) is 0 Å². The van der Waals surface area contributed by atoms with E-state index in [0.717, 1.165) is 28.4 Å². The van der Waals surface area contributed by atoms with Crippen LogP contribution in [0.4, 0.5) is 4.79 Å². The van der Waals surface area contributed by atoms with E-state index < -0.39 is 5.60 Å². The minimum Gasteiger partial charge on any atom is -0.487 e. The van der Waals surface area contributed by atoms with Gasteiger partial charge in [0.05, 0.1) is 29.5 Å². The molecule has 1 aliphatic heterocycles. The lowest BCUT2D eigenvalue weighted by molar-refractivity contribution is 0.0270. The third-order valence-electron chi connectivity index (χ3n) is 4.80. The van der Waals surface area contributed by atoms with Crippen molar-refractivity contribution >= 4 is 11.7 Å². The molecular weight excluding hydrogens is 408 g/mol. The molecule has 1 aromatic carbocycles. The highest BCUT2D eigenvalue weighted by Crippen LogP contribution is 2.22. The molecule has 0 spiro atoms. The molecule has 0 unspecified atom stereocenters. The van der Waals surface area contributed by atoms with Gasteiger partial charge >= 0.3 is 6.09 Å². The number of rotatable bonds is 5. The van der Waals surface area contributed by atoms with Crippen LogP contribution in [-0.2, 0) is 11.3 Å². The summed E-state index contributed by atoms with van der Waals surface area (Å²) in [5.41, 5.74) is 3.04. The number of ether oxygens (including phenoxy) is 2. The van der Waals surface area contributed by atoms with Gasteiger partial charge < -0.3 is 14.4 Å². The second-order valence-corrected chi connectivity index (χ2v) is 8.42. The van der Waals surface area contributed by atoms with Gasteiger partial charge in [-0.05, 0) is 57.0 Å². The summed E-state index contributed by atoms with van der Waals surface area (Å²) in [6.07, 6.45) is 9.03. The van der Waals surface area contributed by atoms with Gasteiger partial charge in [0.25, 0.3) is 0 Å². The molecule has 9 nitrogen and oxygen atoms in total. The van der Waals surface area contributed by atoms with Crippen LogP contribution in [0.3, 0.4) is 0 Å². The molecule has 1 aliphatic rings. The zero-order chi connectivity index (χ0) is 22.6. The Hall–Kier alpha value is -3.75. The Morgan fingerprint density at radius 3 is 2.53 bits per heavy atom. The quantitative estimate of drug-likeness (QED) is 0.605. The molecule has 3 heterocycles. The second kappa shape index (κ2) is 9.17. The number of nitrogens with zero attached hydrogens (tertiary/aromatic N) is 6. The van der Waals surface area contributed by atoms with Crippen LogP contribution < -0.4 is 4.74 Å². The van der Waals surface area contributed by atoms with Gasteiger partial charge in [-0.2, -0.15) is 5.10 Å². The minimum absolute atomic E-state index is 0.291. The van der Waals surface area contributed by atoms with Crippen molar-refractivity contribution in [2.45, 2.75) is 39.4 Å². The predicted molar refractivity (Wildman–Crippen MR) is 118 cm³/mol. The highest BCUT2D eigenvalue weighted by molar-refractivity contribution is 5.71. The van der Waals surface area contributed by atoms with Gasteiger partial charge in [-0.3, -0.25) is 9.97 Å². The summed E-state index contributed by atoms with van der Waals surface area (Å²) >= 11 is 0. The second-order valence-electron chi connectivity index (χ2n) is 8.42. The van der Waals surface area contributed by atoms with E-state index in [1.807, 2.05) is 51.1 Å². The molecule has 3 aromatic rings. The number of aromatic nitrogens is 5. The van der Waals surface area contributed by atoms with Crippen LogP contribution in [0.25, 0.3) is 11.3 Å². The van der Waals surface area contributed by atoms with Crippen molar-refractivity contribution in [3.8, 4) is 11.4 Å².